The number of benzene rings is 10. The van der Waals surface area contributed by atoms with Crippen LogP contribution in [0.2, 0.25) is 0 Å². The summed E-state index contributed by atoms with van der Waals surface area (Å²) >= 11 is 4.20. The van der Waals surface area contributed by atoms with Gasteiger partial charge >= 0.3 is 144 Å². The second-order valence-electron chi connectivity index (χ2n) is 25.4. The number of halogens is 2. The second kappa shape index (κ2) is 49.3. The average molecular weight is 2390 g/mol. The number of anilines is 5. The van der Waals surface area contributed by atoms with Gasteiger partial charge in [-0.3, -0.25) is 0 Å². The smallest absolute Gasteiger partial charge is 0.327 e. The van der Waals surface area contributed by atoms with Gasteiger partial charge in [0.2, 0.25) is 19.0 Å². The molecule has 10 aromatic carbocycles. The van der Waals surface area contributed by atoms with Crippen LogP contribution in [0.5, 0.6) is 0 Å². The minimum absolute atomic E-state index is 0. The number of aryl methyl sites for hydroxylation is 2. The molecule has 117 heavy (non-hydrogen) atoms. The number of fused-ring (bicyclic) bond motifs is 11. The van der Waals surface area contributed by atoms with Crippen LogP contribution in [0.4, 0.5) is 28.7 Å². The molecule has 0 amide bonds. The van der Waals surface area contributed by atoms with Crippen molar-refractivity contribution in [3.63, 3.8) is 0 Å². The number of hydrogen-bond acceptors (Lipinski definition) is 12. The SMILES string of the molecule is C1=CCC/C=C\CC1.CN1C=CN(c2[c-]ccc3c2oc2ccccc23)[CH-]1.C[n+]1[c-]n(-c2cccc3c2oc2ccccc23)cc1.C[n+]1[c-]n(-c2cccc3c2oc2ccccc23)cc1.[Ag].[H-].[I-].[I-].[Ir].[Ir].[K+].[K][K].[O]=[Ag].[c-]1ccccc1N1[CH-]N(c2ccccc2)c2nccnc21.c1ccc(-n2c[n+](-c3ccccc3)c3nccnc32)cc1. The molecule has 3 aliphatic rings. The van der Waals surface area contributed by atoms with Crippen LogP contribution in [-0.4, -0.2) is 109 Å². The van der Waals surface area contributed by atoms with Crippen molar-refractivity contribution in [2.75, 3.05) is 21.7 Å². The second-order valence-corrected chi connectivity index (χ2v) is 25.4. The summed E-state index contributed by atoms with van der Waals surface area (Å²) < 4.78 is 37.8. The molecule has 0 saturated heterocycles. The van der Waals surface area contributed by atoms with E-state index in [-0.39, 0.29) is 163 Å². The molecule has 0 N–H and O–H groups in total. The monoisotopic (exact) mass is 2390 g/mol. The molecule has 0 fully saturated rings. The van der Waals surface area contributed by atoms with E-state index in [1.165, 1.54) is 88.8 Å². The Morgan fingerprint density at radius 2 is 0.915 bits per heavy atom. The number of imidazole rings is 3. The van der Waals surface area contributed by atoms with Gasteiger partial charge in [0.05, 0.1) is 31.7 Å². The number of para-hydroxylation sites is 9. The van der Waals surface area contributed by atoms with E-state index in [4.69, 9.17) is 16.5 Å². The van der Waals surface area contributed by atoms with Crippen LogP contribution in [0.15, 0.2) is 342 Å². The Morgan fingerprint density at radius 3 is 1.40 bits per heavy atom. The van der Waals surface area contributed by atoms with Gasteiger partial charge in [-0.05, 0) is 99.7 Å². The van der Waals surface area contributed by atoms with E-state index in [9.17, 15) is 0 Å². The van der Waals surface area contributed by atoms with Gasteiger partial charge in [-0.1, -0.05) is 181 Å². The first-order valence-electron chi connectivity index (χ1n) is 36.5. The van der Waals surface area contributed by atoms with Gasteiger partial charge in [-0.15, -0.1) is 17.3 Å². The Balaban J connectivity index is 0.000000194. The largest absolute Gasteiger partial charge is 0.477 e. The molecule has 8 aromatic heterocycles. The molecule has 10 heterocycles. The van der Waals surface area contributed by atoms with Crippen LogP contribution in [0.1, 0.15) is 27.1 Å². The van der Waals surface area contributed by atoms with Crippen LogP contribution < -0.4 is 128 Å². The molecule has 1 aliphatic carbocycles. The summed E-state index contributed by atoms with van der Waals surface area (Å²) in [6, 6.07) is 85.4. The van der Waals surface area contributed by atoms with E-state index in [2.05, 4.69) is 133 Å². The molecular weight excluding hydrogens is 2310 g/mol. The Kier molecular flexibility index (Phi) is 41.1. The summed E-state index contributed by atoms with van der Waals surface area (Å²) in [4.78, 5) is 25.9. The standard InChI is InChI=1S/C17H13N4.C17H12N4.3C16H12N2O.C8H12.2Ag.2HI.2Ir.3K.O.H/c2*1-3-7-14(8-4-1)20-13-21(15-9-5-2-6-10-15)17-16(20)18-11-12-19-17;3*1-17-9-10-18(11-17)14-7-4-6-13-12-5-2-3-8-15(12)19-16(13)14;1-2-4-6-8-7-5-3-1;;;;;;;;;;;/h1-13H;1-9,11-13H;2-6,8-11H,1H3;2*2-10H,1H3;1-2,7-8H,3-6H2;;;2*1H;;;;;;;/q+1;2*-2;;;;;;;;;;;;+1;;-1/p-2/b;;;;;2-1-,8-7?;;;;;;;;;;;. The van der Waals surface area contributed by atoms with E-state index in [1.807, 2.05) is 298 Å². The van der Waals surface area contributed by atoms with Gasteiger partial charge in [0.15, 0.2) is 0 Å². The fourth-order valence-electron chi connectivity index (χ4n) is 13.0. The quantitative estimate of drug-likeness (QED) is 0.0493. The van der Waals surface area contributed by atoms with Crippen LogP contribution >= 0.6 is 0 Å². The first kappa shape index (κ1) is 97.5. The Morgan fingerprint density at radius 1 is 0.470 bits per heavy atom. The molecular formula is C90H74Ag2I2Ir2K3N14O4-5. The summed E-state index contributed by atoms with van der Waals surface area (Å²) in [6.45, 7) is 3.99. The summed E-state index contributed by atoms with van der Waals surface area (Å²) in [7, 11) is 5.90. The molecule has 0 atom stereocenters. The molecule has 0 spiro atoms. The van der Waals surface area contributed by atoms with Crippen molar-refractivity contribution in [1.29, 1.82) is 0 Å². The first-order chi connectivity index (χ1) is 54.8. The van der Waals surface area contributed by atoms with Crippen molar-refractivity contribution in [1.82, 2.24) is 38.5 Å². The maximum absolute atomic E-state index is 8.06. The maximum atomic E-state index is 8.06. The Hall–Kier alpha value is -4.98. The fourth-order valence-corrected chi connectivity index (χ4v) is 13.0. The number of rotatable bonds is 7. The number of hydrogen-bond donors (Lipinski definition) is 0. The maximum Gasteiger partial charge on any atom is 0.327 e. The fraction of sp³-hybridized carbons (Fsp3) is 0.0778. The zero-order valence-corrected chi connectivity index (χ0v) is 86.0. The van der Waals surface area contributed by atoms with E-state index in [0.29, 0.717) is 0 Å². The van der Waals surface area contributed by atoms with Crippen molar-refractivity contribution in [2.45, 2.75) is 25.7 Å². The average Bonchev–Trinajstić information content (AvgIpc) is 1.64. The third kappa shape index (κ3) is 23.9. The molecule has 21 rings (SSSR count). The number of furan rings is 3. The number of aromatic nitrogens is 10. The van der Waals surface area contributed by atoms with Crippen LogP contribution in [0.3, 0.4) is 0 Å². The molecule has 0 bridgehead atoms. The van der Waals surface area contributed by atoms with E-state index < -0.39 is 0 Å². The van der Waals surface area contributed by atoms with Gasteiger partial charge in [0.25, 0.3) is 5.65 Å². The van der Waals surface area contributed by atoms with E-state index >= 15 is 0 Å². The Bertz CT molecular complexity index is 5920. The summed E-state index contributed by atoms with van der Waals surface area (Å²) in [5, 5.41) is 6.84. The predicted octanol–water partition coefficient (Wildman–Crippen LogP) is 9.02. The molecule has 3 radical (unpaired) electrons. The van der Waals surface area contributed by atoms with Gasteiger partial charge in [0, 0.05) is 138 Å². The third-order valence-electron chi connectivity index (χ3n) is 18.1. The zero-order valence-electron chi connectivity index (χ0n) is 65.6. The normalized spacial score (nSPS) is 12.2. The molecule has 0 saturated carbocycles. The van der Waals surface area contributed by atoms with Gasteiger partial charge in [0.1, 0.15) is 57.1 Å². The number of nitrogens with zero attached hydrogens (tertiary/aromatic N) is 14. The molecule has 18 nitrogen and oxygen atoms in total. The predicted molar refractivity (Wildman–Crippen MR) is 435 cm³/mol. The third-order valence-corrected chi connectivity index (χ3v) is 18.1. The molecule has 27 heteroatoms. The molecule has 2 aliphatic heterocycles. The molecule has 0 unspecified atom stereocenters. The van der Waals surface area contributed by atoms with Crippen molar-refractivity contribution in [3.05, 3.63) is 367 Å². The Labute approximate surface area is 858 Å². The topological polar surface area (TPSA) is 147 Å². The van der Waals surface area contributed by atoms with Gasteiger partial charge in [-0.2, -0.15) is 59.8 Å². The zero-order chi connectivity index (χ0) is 76.3. The van der Waals surface area contributed by atoms with Crippen LogP contribution in [0.25, 0.3) is 99.9 Å². The van der Waals surface area contributed by atoms with Crippen molar-refractivity contribution in [3.8, 4) is 22.7 Å². The van der Waals surface area contributed by atoms with Crippen molar-refractivity contribution >= 4 is 169 Å². The molecule has 590 valence electrons. The molecule has 18 aromatic rings. The minimum atomic E-state index is 0. The van der Waals surface area contributed by atoms with Crippen molar-refractivity contribution < 1.29 is 215 Å². The summed E-state index contributed by atoms with van der Waals surface area (Å²) in [5.41, 5.74) is 14.2. The van der Waals surface area contributed by atoms with Gasteiger partial charge < -0.3 is 100 Å². The van der Waals surface area contributed by atoms with Gasteiger partial charge in [-0.25, -0.2) is 19.5 Å². The summed E-state index contributed by atoms with van der Waals surface area (Å²) in [6.07, 6.45) is 41.1. The van der Waals surface area contributed by atoms with E-state index in [1.54, 1.807) is 45.8 Å². The van der Waals surface area contributed by atoms with Crippen molar-refractivity contribution in [2.24, 2.45) is 14.1 Å². The van der Waals surface area contributed by atoms with E-state index in [0.717, 1.165) is 129 Å². The first-order valence-corrected chi connectivity index (χ1v) is 53.1. The number of allylic oxidation sites excluding steroid dienone is 4. The summed E-state index contributed by atoms with van der Waals surface area (Å²) in [5.74, 6) is 1.63. The minimum Gasteiger partial charge on any atom is -0.477 e. The van der Waals surface area contributed by atoms with Crippen LogP contribution in [-0.2, 0) is 101 Å². The van der Waals surface area contributed by atoms with Crippen LogP contribution in [0, 0.1) is 38.1 Å².